The number of nitrogens with zero attached hydrogens (tertiary/aromatic N) is 1. The number of Topliss-reactive ketones (excluding diaryl/α,β-unsaturated/α-hetero) is 1. The number of rotatable bonds is 2. The molecule has 2 heterocycles. The van der Waals surface area contributed by atoms with Crippen molar-refractivity contribution >= 4 is 23.9 Å². The SMILES string of the molecule is CC(C)(C)OC(=O)N1CCCC2(CC1)CC(=O)c1cc(/C=C/C(=O)O)ccc1O2. The van der Waals surface area contributed by atoms with E-state index < -0.39 is 17.2 Å². The van der Waals surface area contributed by atoms with E-state index in [-0.39, 0.29) is 18.3 Å². The fourth-order valence-electron chi connectivity index (χ4n) is 3.74. The summed E-state index contributed by atoms with van der Waals surface area (Å²) in [6.45, 7) is 6.55. The summed E-state index contributed by atoms with van der Waals surface area (Å²) in [7, 11) is 0. The summed E-state index contributed by atoms with van der Waals surface area (Å²) in [6, 6.07) is 5.11. The van der Waals surface area contributed by atoms with Crippen LogP contribution in [0.2, 0.25) is 0 Å². The van der Waals surface area contributed by atoms with Gasteiger partial charge in [-0.3, -0.25) is 4.79 Å². The predicted octanol–water partition coefficient (Wildman–Crippen LogP) is 3.91. The Morgan fingerprint density at radius 1 is 1.24 bits per heavy atom. The molecule has 0 radical (unpaired) electrons. The van der Waals surface area contributed by atoms with Gasteiger partial charge in [0.15, 0.2) is 5.78 Å². The van der Waals surface area contributed by atoms with Crippen LogP contribution in [0.5, 0.6) is 5.75 Å². The molecule has 3 rings (SSSR count). The number of hydrogen-bond donors (Lipinski definition) is 1. The smallest absolute Gasteiger partial charge is 0.410 e. The maximum absolute atomic E-state index is 12.8. The molecule has 156 valence electrons. The molecule has 1 aromatic carbocycles. The van der Waals surface area contributed by atoms with Crippen molar-refractivity contribution in [2.24, 2.45) is 0 Å². The number of carbonyl (C=O) groups is 3. The Hall–Kier alpha value is -2.83. The van der Waals surface area contributed by atoms with E-state index in [0.717, 1.165) is 12.5 Å². The van der Waals surface area contributed by atoms with E-state index in [9.17, 15) is 14.4 Å². The minimum atomic E-state index is -1.04. The van der Waals surface area contributed by atoms with Crippen molar-refractivity contribution in [1.82, 2.24) is 4.90 Å². The largest absolute Gasteiger partial charge is 0.486 e. The molecule has 1 aromatic rings. The molecule has 0 saturated carbocycles. The first-order chi connectivity index (χ1) is 13.6. The van der Waals surface area contributed by atoms with Crippen molar-refractivity contribution in [2.45, 2.75) is 57.7 Å². The van der Waals surface area contributed by atoms with Gasteiger partial charge in [0.1, 0.15) is 17.0 Å². The van der Waals surface area contributed by atoms with Gasteiger partial charge in [0.2, 0.25) is 0 Å². The van der Waals surface area contributed by atoms with Crippen LogP contribution in [0.3, 0.4) is 0 Å². The Morgan fingerprint density at radius 2 is 2.00 bits per heavy atom. The number of carbonyl (C=O) groups excluding carboxylic acids is 2. The molecule has 1 fully saturated rings. The number of likely N-dealkylation sites (tertiary alicyclic amines) is 1. The lowest BCUT2D eigenvalue weighted by molar-refractivity contribution is -0.131. The number of aliphatic carboxylic acids is 1. The van der Waals surface area contributed by atoms with Crippen molar-refractivity contribution in [3.05, 3.63) is 35.4 Å². The van der Waals surface area contributed by atoms with E-state index in [1.807, 2.05) is 20.8 Å². The topological polar surface area (TPSA) is 93.1 Å². The van der Waals surface area contributed by atoms with Crippen LogP contribution in [-0.4, -0.2) is 52.1 Å². The molecule has 1 unspecified atom stereocenters. The Bertz CT molecular complexity index is 853. The highest BCUT2D eigenvalue weighted by molar-refractivity contribution is 6.01. The van der Waals surface area contributed by atoms with E-state index in [0.29, 0.717) is 42.8 Å². The van der Waals surface area contributed by atoms with Crippen LogP contribution >= 0.6 is 0 Å². The van der Waals surface area contributed by atoms with Gasteiger partial charge in [-0.2, -0.15) is 0 Å². The van der Waals surface area contributed by atoms with Crippen LogP contribution in [0.15, 0.2) is 24.3 Å². The molecule has 0 aliphatic carbocycles. The highest BCUT2D eigenvalue weighted by Crippen LogP contribution is 2.40. The van der Waals surface area contributed by atoms with Crippen molar-refractivity contribution in [2.75, 3.05) is 13.1 Å². The fourth-order valence-corrected chi connectivity index (χ4v) is 3.74. The Kier molecular flexibility index (Phi) is 5.68. The minimum Gasteiger partial charge on any atom is -0.486 e. The number of hydrogen-bond acceptors (Lipinski definition) is 5. The average molecular weight is 401 g/mol. The molecule has 1 amide bonds. The summed E-state index contributed by atoms with van der Waals surface area (Å²) < 4.78 is 11.8. The summed E-state index contributed by atoms with van der Waals surface area (Å²) in [5, 5.41) is 8.77. The molecular weight excluding hydrogens is 374 g/mol. The number of ketones is 1. The van der Waals surface area contributed by atoms with E-state index >= 15 is 0 Å². The first-order valence-electron chi connectivity index (χ1n) is 9.82. The van der Waals surface area contributed by atoms with Crippen molar-refractivity contribution in [3.63, 3.8) is 0 Å². The molecule has 7 heteroatoms. The lowest BCUT2D eigenvalue weighted by Gasteiger charge is -2.37. The molecule has 1 spiro atoms. The zero-order chi connectivity index (χ0) is 21.2. The fraction of sp³-hybridized carbons (Fsp3) is 0.500. The maximum atomic E-state index is 12.8. The lowest BCUT2D eigenvalue weighted by atomic mass is 9.84. The van der Waals surface area contributed by atoms with Gasteiger partial charge in [0.05, 0.1) is 12.0 Å². The first kappa shape index (κ1) is 20.9. The predicted molar refractivity (Wildman–Crippen MR) is 107 cm³/mol. The van der Waals surface area contributed by atoms with Gasteiger partial charge in [-0.25, -0.2) is 9.59 Å². The van der Waals surface area contributed by atoms with Gasteiger partial charge in [0.25, 0.3) is 0 Å². The second-order valence-electron chi connectivity index (χ2n) is 8.63. The molecule has 7 nitrogen and oxygen atoms in total. The number of fused-ring (bicyclic) bond motifs is 1. The number of amides is 1. The summed E-state index contributed by atoms with van der Waals surface area (Å²) in [5.74, 6) is -0.556. The van der Waals surface area contributed by atoms with Crippen LogP contribution in [0, 0.1) is 0 Å². The number of ether oxygens (including phenoxy) is 2. The van der Waals surface area contributed by atoms with E-state index in [4.69, 9.17) is 14.6 Å². The van der Waals surface area contributed by atoms with E-state index in [2.05, 4.69) is 0 Å². The minimum absolute atomic E-state index is 0.0254. The van der Waals surface area contributed by atoms with Gasteiger partial charge < -0.3 is 19.5 Å². The van der Waals surface area contributed by atoms with Gasteiger partial charge in [-0.15, -0.1) is 0 Å². The summed E-state index contributed by atoms with van der Waals surface area (Å²) >= 11 is 0. The second kappa shape index (κ2) is 7.89. The Balaban J connectivity index is 1.74. The van der Waals surface area contributed by atoms with Crippen molar-refractivity contribution in [3.8, 4) is 5.75 Å². The molecule has 1 saturated heterocycles. The highest BCUT2D eigenvalue weighted by atomic mass is 16.6. The normalized spacial score (nSPS) is 22.2. The monoisotopic (exact) mass is 401 g/mol. The second-order valence-corrected chi connectivity index (χ2v) is 8.63. The van der Waals surface area contributed by atoms with Crippen LogP contribution in [-0.2, 0) is 9.53 Å². The van der Waals surface area contributed by atoms with Gasteiger partial charge in [-0.1, -0.05) is 6.07 Å². The molecule has 0 aromatic heterocycles. The van der Waals surface area contributed by atoms with Crippen LogP contribution in [0.4, 0.5) is 4.79 Å². The molecular formula is C22H27NO6. The Morgan fingerprint density at radius 3 is 2.69 bits per heavy atom. The molecule has 0 bridgehead atoms. The van der Waals surface area contributed by atoms with Crippen LogP contribution in [0.1, 0.15) is 62.4 Å². The number of carboxylic acid groups (broad SMARTS) is 1. The molecule has 1 N–H and O–H groups in total. The van der Waals surface area contributed by atoms with Gasteiger partial charge in [-0.05, 0) is 57.4 Å². The average Bonchev–Trinajstić information content (AvgIpc) is 2.81. The maximum Gasteiger partial charge on any atom is 0.410 e. The van der Waals surface area contributed by atoms with E-state index in [1.54, 1.807) is 23.1 Å². The zero-order valence-corrected chi connectivity index (χ0v) is 17.1. The van der Waals surface area contributed by atoms with Crippen molar-refractivity contribution < 1.29 is 29.0 Å². The lowest BCUT2D eigenvalue weighted by Crippen LogP contribution is -2.43. The van der Waals surface area contributed by atoms with Crippen LogP contribution < -0.4 is 4.74 Å². The molecule has 2 aliphatic rings. The molecule has 29 heavy (non-hydrogen) atoms. The van der Waals surface area contributed by atoms with Gasteiger partial charge >= 0.3 is 12.1 Å². The summed E-state index contributed by atoms with van der Waals surface area (Å²) in [5.41, 5.74) is -0.0731. The van der Waals surface area contributed by atoms with E-state index in [1.165, 1.54) is 6.08 Å². The molecule has 1 atom stereocenters. The summed E-state index contributed by atoms with van der Waals surface area (Å²) in [6.07, 6.45) is 4.34. The number of benzene rings is 1. The highest BCUT2D eigenvalue weighted by Gasteiger charge is 2.42. The third-order valence-corrected chi connectivity index (χ3v) is 5.08. The quantitative estimate of drug-likeness (QED) is 0.755. The zero-order valence-electron chi connectivity index (χ0n) is 17.1. The first-order valence-corrected chi connectivity index (χ1v) is 9.82. The number of carboxylic acids is 1. The van der Waals surface area contributed by atoms with Gasteiger partial charge in [0, 0.05) is 25.6 Å². The Labute approximate surface area is 170 Å². The third kappa shape index (κ3) is 5.16. The van der Waals surface area contributed by atoms with Crippen LogP contribution in [0.25, 0.3) is 6.08 Å². The standard InChI is InChI=1S/C22H27NO6/c1-21(2,3)29-20(27)23-11-4-9-22(10-12-23)14-17(24)16-13-15(6-8-19(25)26)5-7-18(16)28-22/h5-8,13H,4,9-12,14H2,1-3H3,(H,25,26)/b8-6+. The summed E-state index contributed by atoms with van der Waals surface area (Å²) in [4.78, 5) is 37.6. The third-order valence-electron chi connectivity index (χ3n) is 5.08. The molecule has 2 aliphatic heterocycles. The van der Waals surface area contributed by atoms with Crippen molar-refractivity contribution in [1.29, 1.82) is 0 Å².